The fourth-order valence-corrected chi connectivity index (χ4v) is 8.28. The predicted molar refractivity (Wildman–Crippen MR) is 142 cm³/mol. The summed E-state index contributed by atoms with van der Waals surface area (Å²) in [7, 11) is -3.09. The molecule has 4 saturated carbocycles. The maximum absolute atomic E-state index is 11.3. The Kier molecular flexibility index (Phi) is 8.83. The number of ether oxygens (including phenoxy) is 2. The SMILES string of the molecule is COC1(c2ccc(/C=C/C(=O)O)c(OCc3ccc(OP(=O)(O)O)cc3)c2Cl)OOC12C1CC3CC(C1)CC2C3.[Y]. The van der Waals surface area contributed by atoms with E-state index < -0.39 is 25.2 Å². The second kappa shape index (κ2) is 11.6. The summed E-state index contributed by atoms with van der Waals surface area (Å²) < 4.78 is 28.0. The van der Waals surface area contributed by atoms with E-state index in [4.69, 9.17) is 40.6 Å². The third kappa shape index (κ3) is 5.45. The number of phosphoric ester groups is 1. The summed E-state index contributed by atoms with van der Waals surface area (Å²) in [6.45, 7) is 0.0321. The summed E-state index contributed by atoms with van der Waals surface area (Å²) in [5.41, 5.74) is 1.00. The first-order valence-corrected chi connectivity index (χ1v) is 15.1. The van der Waals surface area contributed by atoms with Gasteiger partial charge in [-0.3, -0.25) is 9.79 Å². The van der Waals surface area contributed by atoms with Gasteiger partial charge in [-0.1, -0.05) is 35.9 Å². The van der Waals surface area contributed by atoms with Crippen LogP contribution in [0.5, 0.6) is 11.5 Å². The number of rotatable bonds is 9. The van der Waals surface area contributed by atoms with Crippen molar-refractivity contribution in [3.05, 3.63) is 64.2 Å². The molecule has 7 rings (SSSR count). The van der Waals surface area contributed by atoms with Crippen LogP contribution in [-0.4, -0.2) is 33.6 Å². The van der Waals surface area contributed by atoms with Gasteiger partial charge in [0.15, 0.2) is 5.60 Å². The van der Waals surface area contributed by atoms with Crippen LogP contribution in [0.4, 0.5) is 0 Å². The van der Waals surface area contributed by atoms with Crippen LogP contribution in [0.15, 0.2) is 42.5 Å². The molecule has 1 radical (unpaired) electrons. The van der Waals surface area contributed by atoms with Crippen molar-refractivity contribution in [1.82, 2.24) is 0 Å². The van der Waals surface area contributed by atoms with E-state index in [0.29, 0.717) is 28.5 Å². The second-order valence-corrected chi connectivity index (χ2v) is 12.7. The van der Waals surface area contributed by atoms with E-state index in [-0.39, 0.29) is 67.7 Å². The molecule has 1 heterocycles. The van der Waals surface area contributed by atoms with Gasteiger partial charge in [0.25, 0.3) is 5.79 Å². The average Bonchev–Trinajstić information content (AvgIpc) is 2.87. The van der Waals surface area contributed by atoms with Gasteiger partial charge in [0.05, 0.1) is 5.02 Å². The average molecular weight is 682 g/mol. The summed E-state index contributed by atoms with van der Waals surface area (Å²) in [4.78, 5) is 41.2. The summed E-state index contributed by atoms with van der Waals surface area (Å²) in [5.74, 6) is -0.154. The van der Waals surface area contributed by atoms with Crippen LogP contribution in [0.1, 0.15) is 48.8 Å². The molecule has 13 heteroatoms. The number of benzene rings is 2. The molecule has 5 fully saturated rings. The van der Waals surface area contributed by atoms with Crippen LogP contribution in [0.25, 0.3) is 6.08 Å². The first-order valence-electron chi connectivity index (χ1n) is 13.2. The fourth-order valence-electron chi connectivity index (χ4n) is 7.53. The quantitative estimate of drug-likeness (QED) is 0.178. The fraction of sp³-hybridized carbons (Fsp3) is 0.464. The number of carboxylic acid groups (broad SMARTS) is 1. The zero-order chi connectivity index (χ0) is 28.3. The molecule has 10 nitrogen and oxygen atoms in total. The molecule has 217 valence electrons. The number of hydrogen-bond acceptors (Lipinski definition) is 7. The Bertz CT molecular complexity index is 1360. The number of carbonyl (C=O) groups is 1. The van der Waals surface area contributed by atoms with Crippen LogP contribution < -0.4 is 9.26 Å². The summed E-state index contributed by atoms with van der Waals surface area (Å²) in [6.07, 6.45) is 7.92. The largest absolute Gasteiger partial charge is 0.524 e. The van der Waals surface area contributed by atoms with Crippen LogP contribution in [-0.2, 0) is 69.0 Å². The molecule has 1 aliphatic heterocycles. The summed E-state index contributed by atoms with van der Waals surface area (Å²) in [5, 5.41) is 9.45. The minimum absolute atomic E-state index is 0. The maximum atomic E-state index is 11.3. The maximum Gasteiger partial charge on any atom is 0.524 e. The van der Waals surface area contributed by atoms with Crippen molar-refractivity contribution in [2.75, 3.05) is 7.11 Å². The zero-order valence-corrected chi connectivity index (χ0v) is 26.8. The minimum atomic E-state index is -4.68. The molecule has 2 aromatic rings. The second-order valence-electron chi connectivity index (χ2n) is 11.1. The first kappa shape index (κ1) is 31.1. The molecular formula is C28H30ClO10PY. The van der Waals surface area contributed by atoms with Crippen molar-refractivity contribution < 1.29 is 80.7 Å². The van der Waals surface area contributed by atoms with Crippen LogP contribution in [0.3, 0.4) is 0 Å². The summed E-state index contributed by atoms with van der Waals surface area (Å²) in [6, 6.07) is 9.52. The number of halogens is 1. The van der Waals surface area contributed by atoms with Crippen molar-refractivity contribution in [1.29, 1.82) is 0 Å². The van der Waals surface area contributed by atoms with E-state index >= 15 is 0 Å². The monoisotopic (exact) mass is 681 g/mol. The van der Waals surface area contributed by atoms with E-state index in [0.717, 1.165) is 31.8 Å². The van der Waals surface area contributed by atoms with Crippen molar-refractivity contribution in [2.45, 2.75) is 50.1 Å². The molecule has 3 N–H and O–H groups in total. The molecule has 1 unspecified atom stereocenters. The molecule has 5 aliphatic rings. The number of methoxy groups -OCH3 is 1. The molecule has 1 atom stereocenters. The Morgan fingerprint density at radius 2 is 1.68 bits per heavy atom. The van der Waals surface area contributed by atoms with Crippen LogP contribution in [0.2, 0.25) is 5.02 Å². The number of phosphoric acid groups is 1. The minimum Gasteiger partial charge on any atom is -0.487 e. The Hall–Kier alpha value is -1.33. The van der Waals surface area contributed by atoms with E-state index in [9.17, 15) is 14.5 Å². The topological polar surface area (TPSA) is 141 Å². The van der Waals surface area contributed by atoms with Gasteiger partial charge in [0.2, 0.25) is 0 Å². The Morgan fingerprint density at radius 3 is 2.20 bits per heavy atom. The smallest absolute Gasteiger partial charge is 0.487 e. The van der Waals surface area contributed by atoms with Crippen molar-refractivity contribution in [2.24, 2.45) is 23.7 Å². The van der Waals surface area contributed by atoms with E-state index in [1.807, 2.05) is 0 Å². The van der Waals surface area contributed by atoms with Crippen molar-refractivity contribution >= 4 is 31.5 Å². The molecule has 41 heavy (non-hydrogen) atoms. The standard InChI is InChI=1S/C28H30ClO10P.Y/c1-35-28(27(38-39-28)20-11-17-10-18(13-20)14-21(27)12-17)23-8-4-19(5-9-24(30)31)26(25(23)29)36-15-16-2-6-22(7-3-16)37-40(32,33)34;/h2-9,17-18,20-21H,10-15H2,1H3,(H,30,31)(H2,32,33,34);/b9-5+;. The van der Waals surface area contributed by atoms with Gasteiger partial charge < -0.3 is 19.1 Å². The Morgan fingerprint density at radius 1 is 1.05 bits per heavy atom. The van der Waals surface area contributed by atoms with E-state index in [1.54, 1.807) is 31.4 Å². The van der Waals surface area contributed by atoms with Crippen LogP contribution in [0, 0.1) is 23.7 Å². The van der Waals surface area contributed by atoms with Crippen molar-refractivity contribution in [3.8, 4) is 11.5 Å². The van der Waals surface area contributed by atoms with Gasteiger partial charge in [-0.2, -0.15) is 4.89 Å². The molecule has 2 aromatic carbocycles. The molecular weight excluding hydrogens is 652 g/mol. The van der Waals surface area contributed by atoms with Gasteiger partial charge in [-0.05, 0) is 79.5 Å². The molecule has 0 aromatic heterocycles. The number of carboxylic acids is 1. The van der Waals surface area contributed by atoms with Crippen LogP contribution >= 0.6 is 19.4 Å². The zero-order valence-electron chi connectivity index (χ0n) is 22.3. The van der Waals surface area contributed by atoms with Gasteiger partial charge in [0, 0.05) is 57.0 Å². The first-order chi connectivity index (χ1) is 19.0. The van der Waals surface area contributed by atoms with E-state index in [1.165, 1.54) is 24.6 Å². The van der Waals surface area contributed by atoms with E-state index in [2.05, 4.69) is 4.52 Å². The Labute approximate surface area is 267 Å². The third-order valence-corrected chi connectivity index (χ3v) is 9.69. The van der Waals surface area contributed by atoms with Gasteiger partial charge in [-0.15, -0.1) is 0 Å². The third-order valence-electron chi connectivity index (χ3n) is 8.87. The normalized spacial score (nSPS) is 31.6. The number of hydrogen-bond donors (Lipinski definition) is 3. The number of aliphatic carboxylic acids is 1. The molecule has 4 bridgehead atoms. The van der Waals surface area contributed by atoms with Gasteiger partial charge in [0.1, 0.15) is 18.1 Å². The summed E-state index contributed by atoms with van der Waals surface area (Å²) >= 11 is 7.04. The van der Waals surface area contributed by atoms with Gasteiger partial charge >= 0.3 is 13.8 Å². The molecule has 1 saturated heterocycles. The predicted octanol–water partition coefficient (Wildman–Crippen LogP) is 5.44. The molecule has 0 amide bonds. The Balaban J connectivity index is 0.00000337. The molecule has 1 spiro atoms. The molecule has 4 aliphatic carbocycles. The van der Waals surface area contributed by atoms with Gasteiger partial charge in [-0.25, -0.2) is 14.2 Å². The van der Waals surface area contributed by atoms with Crippen molar-refractivity contribution in [3.63, 3.8) is 0 Å².